The van der Waals surface area contributed by atoms with Gasteiger partial charge in [-0.05, 0) is 12.5 Å². The lowest BCUT2D eigenvalue weighted by Gasteiger charge is -2.37. The van der Waals surface area contributed by atoms with Crippen molar-refractivity contribution < 1.29 is 14.7 Å². The molecule has 1 unspecified atom stereocenters. The van der Waals surface area contributed by atoms with Crippen LogP contribution in [0.2, 0.25) is 0 Å². The van der Waals surface area contributed by atoms with Gasteiger partial charge in [-0.3, -0.25) is 9.69 Å². The summed E-state index contributed by atoms with van der Waals surface area (Å²) in [7, 11) is 0. The lowest BCUT2D eigenvalue weighted by Crippen LogP contribution is -2.56. The van der Waals surface area contributed by atoms with Gasteiger partial charge >= 0.3 is 6.09 Å². The number of nitrogens with zero attached hydrogens (tertiary/aromatic N) is 2. The fourth-order valence-corrected chi connectivity index (χ4v) is 2.13. The molecule has 2 rings (SSSR count). The Balaban J connectivity index is 2.04. The van der Waals surface area contributed by atoms with Crippen LogP contribution in [-0.4, -0.2) is 46.0 Å². The van der Waals surface area contributed by atoms with Gasteiger partial charge in [0.05, 0.1) is 6.04 Å². The van der Waals surface area contributed by atoms with Crippen molar-refractivity contribution in [3.05, 3.63) is 35.9 Å². The van der Waals surface area contributed by atoms with Gasteiger partial charge in [-0.2, -0.15) is 0 Å². The average Bonchev–Trinajstić information content (AvgIpc) is 2.34. The Morgan fingerprint density at radius 3 is 2.67 bits per heavy atom. The highest BCUT2D eigenvalue weighted by Gasteiger charge is 2.32. The highest BCUT2D eigenvalue weighted by Crippen LogP contribution is 2.14. The second-order valence-electron chi connectivity index (χ2n) is 4.52. The van der Waals surface area contributed by atoms with E-state index < -0.39 is 6.09 Å². The zero-order valence-electron chi connectivity index (χ0n) is 10.2. The van der Waals surface area contributed by atoms with Crippen LogP contribution in [0.15, 0.2) is 30.3 Å². The van der Waals surface area contributed by atoms with E-state index in [1.807, 2.05) is 37.3 Å². The first-order valence-corrected chi connectivity index (χ1v) is 5.89. The number of hydrogen-bond donors (Lipinski definition) is 1. The van der Waals surface area contributed by atoms with Crippen LogP contribution in [0.3, 0.4) is 0 Å². The molecule has 0 bridgehead atoms. The molecule has 1 aromatic carbocycles. The Bertz CT molecular complexity index is 447. The van der Waals surface area contributed by atoms with Crippen molar-refractivity contribution in [1.82, 2.24) is 9.80 Å². The van der Waals surface area contributed by atoms with Gasteiger partial charge in [-0.15, -0.1) is 0 Å². The average molecular weight is 248 g/mol. The number of carbonyl (C=O) groups excluding carboxylic acids is 1. The molecule has 0 aromatic heterocycles. The molecule has 5 nitrogen and oxygen atoms in total. The van der Waals surface area contributed by atoms with Gasteiger partial charge in [0, 0.05) is 13.1 Å². The molecule has 1 atom stereocenters. The zero-order chi connectivity index (χ0) is 13.1. The molecule has 1 N–H and O–H groups in total. The molecule has 0 saturated carbocycles. The van der Waals surface area contributed by atoms with Crippen molar-refractivity contribution in [1.29, 1.82) is 0 Å². The van der Waals surface area contributed by atoms with Gasteiger partial charge in [0.15, 0.2) is 0 Å². The van der Waals surface area contributed by atoms with Crippen LogP contribution in [0.4, 0.5) is 4.79 Å². The smallest absolute Gasteiger partial charge is 0.408 e. The summed E-state index contributed by atoms with van der Waals surface area (Å²) >= 11 is 0. The number of amides is 2. The van der Waals surface area contributed by atoms with Crippen LogP contribution < -0.4 is 0 Å². The molecule has 1 fully saturated rings. The molecule has 2 amide bonds. The monoisotopic (exact) mass is 248 g/mol. The lowest BCUT2D eigenvalue weighted by molar-refractivity contribution is -0.137. The van der Waals surface area contributed by atoms with E-state index >= 15 is 0 Å². The topological polar surface area (TPSA) is 60.9 Å². The summed E-state index contributed by atoms with van der Waals surface area (Å²) in [4.78, 5) is 25.7. The first-order valence-electron chi connectivity index (χ1n) is 5.89. The van der Waals surface area contributed by atoms with Gasteiger partial charge in [-0.25, -0.2) is 4.79 Å². The van der Waals surface area contributed by atoms with E-state index in [2.05, 4.69) is 0 Å². The van der Waals surface area contributed by atoms with Crippen molar-refractivity contribution >= 4 is 12.0 Å². The first-order chi connectivity index (χ1) is 8.58. The molecular formula is C13H16N2O3. The lowest BCUT2D eigenvalue weighted by atomic mass is 10.1. The Morgan fingerprint density at radius 2 is 2.06 bits per heavy atom. The molecule has 1 aliphatic heterocycles. The quantitative estimate of drug-likeness (QED) is 0.860. The van der Waals surface area contributed by atoms with Crippen molar-refractivity contribution in [2.24, 2.45) is 0 Å². The number of hydrogen-bond acceptors (Lipinski definition) is 2. The van der Waals surface area contributed by atoms with Gasteiger partial charge in [0.2, 0.25) is 5.91 Å². The van der Waals surface area contributed by atoms with Gasteiger partial charge in [-0.1, -0.05) is 30.3 Å². The highest BCUT2D eigenvalue weighted by molar-refractivity contribution is 5.83. The maximum absolute atomic E-state index is 11.9. The molecular weight excluding hydrogens is 232 g/mol. The van der Waals surface area contributed by atoms with Crippen LogP contribution in [0, 0.1) is 0 Å². The molecule has 0 spiro atoms. The maximum atomic E-state index is 11.9. The summed E-state index contributed by atoms with van der Waals surface area (Å²) in [5, 5.41) is 8.96. The molecule has 0 radical (unpaired) electrons. The molecule has 0 aliphatic carbocycles. The van der Waals surface area contributed by atoms with Crippen LogP contribution in [0.5, 0.6) is 0 Å². The highest BCUT2D eigenvalue weighted by atomic mass is 16.4. The van der Waals surface area contributed by atoms with Crippen molar-refractivity contribution in [2.45, 2.75) is 19.5 Å². The van der Waals surface area contributed by atoms with Gasteiger partial charge < -0.3 is 10.0 Å². The Hall–Kier alpha value is -2.04. The number of carboxylic acid groups (broad SMARTS) is 1. The minimum atomic E-state index is -1.03. The fourth-order valence-electron chi connectivity index (χ4n) is 2.13. The van der Waals surface area contributed by atoms with Crippen molar-refractivity contribution in [3.8, 4) is 0 Å². The van der Waals surface area contributed by atoms with Crippen molar-refractivity contribution in [3.63, 3.8) is 0 Å². The van der Waals surface area contributed by atoms with E-state index in [0.29, 0.717) is 13.1 Å². The normalized spacial score (nSPS) is 20.1. The van der Waals surface area contributed by atoms with E-state index in [9.17, 15) is 9.59 Å². The third-order valence-corrected chi connectivity index (χ3v) is 3.14. The molecule has 1 aliphatic rings. The summed E-state index contributed by atoms with van der Waals surface area (Å²) in [6.07, 6.45) is -1.03. The summed E-state index contributed by atoms with van der Waals surface area (Å²) in [5.74, 6) is -0.139. The second kappa shape index (κ2) is 5.08. The standard InChI is InChI=1S/C13H16N2O3/c1-10-7-14(8-11-5-3-2-4-6-11)12(16)9-15(10)13(17)18/h2-6,10H,7-9H2,1H3,(H,17,18). The van der Waals surface area contributed by atoms with Crippen LogP contribution in [-0.2, 0) is 11.3 Å². The largest absolute Gasteiger partial charge is 0.465 e. The van der Waals surface area contributed by atoms with Crippen molar-refractivity contribution in [2.75, 3.05) is 13.1 Å². The Morgan fingerprint density at radius 1 is 1.39 bits per heavy atom. The first kappa shape index (κ1) is 12.4. The van der Waals surface area contributed by atoms with Gasteiger partial charge in [0.25, 0.3) is 0 Å². The number of rotatable bonds is 2. The SMILES string of the molecule is CC1CN(Cc2ccccc2)C(=O)CN1C(=O)O. The third kappa shape index (κ3) is 2.61. The molecule has 18 heavy (non-hydrogen) atoms. The fraction of sp³-hybridized carbons (Fsp3) is 0.385. The molecule has 1 saturated heterocycles. The maximum Gasteiger partial charge on any atom is 0.408 e. The summed E-state index contributed by atoms with van der Waals surface area (Å²) in [5.41, 5.74) is 1.06. The zero-order valence-corrected chi connectivity index (χ0v) is 10.2. The van der Waals surface area contributed by atoms with E-state index in [1.165, 1.54) is 4.90 Å². The number of benzene rings is 1. The van der Waals surface area contributed by atoms with Crippen LogP contribution in [0.1, 0.15) is 12.5 Å². The van der Waals surface area contributed by atoms with E-state index in [4.69, 9.17) is 5.11 Å². The number of carbonyl (C=O) groups is 2. The summed E-state index contributed by atoms with van der Waals surface area (Å²) < 4.78 is 0. The number of piperazine rings is 1. The minimum Gasteiger partial charge on any atom is -0.465 e. The molecule has 1 aromatic rings. The van der Waals surface area contributed by atoms with Crippen LogP contribution in [0.25, 0.3) is 0 Å². The third-order valence-electron chi connectivity index (χ3n) is 3.14. The molecule has 96 valence electrons. The minimum absolute atomic E-state index is 0.0522. The van der Waals surface area contributed by atoms with E-state index in [-0.39, 0.29) is 18.5 Å². The predicted molar refractivity (Wildman–Crippen MR) is 66.1 cm³/mol. The molecule has 5 heteroatoms. The Kier molecular flexibility index (Phi) is 3.50. The second-order valence-corrected chi connectivity index (χ2v) is 4.52. The van der Waals surface area contributed by atoms with E-state index in [0.717, 1.165) is 5.56 Å². The molecule has 1 heterocycles. The van der Waals surface area contributed by atoms with Crippen LogP contribution >= 0.6 is 0 Å². The van der Waals surface area contributed by atoms with Gasteiger partial charge in [0.1, 0.15) is 6.54 Å². The van der Waals surface area contributed by atoms with E-state index in [1.54, 1.807) is 4.90 Å². The Labute approximate surface area is 106 Å². The predicted octanol–water partition coefficient (Wildman–Crippen LogP) is 1.40. The summed E-state index contributed by atoms with van der Waals surface area (Å²) in [6, 6.07) is 9.54. The summed E-state index contributed by atoms with van der Waals surface area (Å²) in [6.45, 7) is 2.75.